The molecule has 0 aromatic heterocycles. The molecule has 1 rings (SSSR count). The zero-order chi connectivity index (χ0) is 16.9. The van der Waals surface area contributed by atoms with Gasteiger partial charge in [0.2, 0.25) is 0 Å². The Kier molecular flexibility index (Phi) is 5.44. The van der Waals surface area contributed by atoms with Gasteiger partial charge in [0.05, 0.1) is 17.1 Å². The first-order valence-electron chi connectivity index (χ1n) is 6.60. The zero-order valence-corrected chi connectivity index (χ0v) is 12.8. The van der Waals surface area contributed by atoms with Crippen molar-refractivity contribution >= 4 is 23.4 Å². The number of esters is 1. The van der Waals surface area contributed by atoms with Crippen molar-refractivity contribution in [3.63, 3.8) is 0 Å². The number of nitrogens with zero attached hydrogens (tertiary/aromatic N) is 1. The normalized spacial score (nSPS) is 10.7. The maximum absolute atomic E-state index is 11.9. The first kappa shape index (κ1) is 17.4. The van der Waals surface area contributed by atoms with E-state index < -0.39 is 28.3 Å². The topological polar surface area (TPSA) is 108 Å². The molecule has 0 radical (unpaired) electrons. The monoisotopic (exact) mass is 310 g/mol. The van der Waals surface area contributed by atoms with E-state index in [4.69, 9.17) is 9.47 Å². The minimum Gasteiger partial charge on any atom is -0.462 e. The Balaban J connectivity index is 3.21. The van der Waals surface area contributed by atoms with Gasteiger partial charge in [0.1, 0.15) is 11.3 Å². The van der Waals surface area contributed by atoms with Crippen molar-refractivity contribution in [3.8, 4) is 0 Å². The zero-order valence-electron chi connectivity index (χ0n) is 12.8. The quantitative estimate of drug-likeness (QED) is 0.520. The van der Waals surface area contributed by atoms with Gasteiger partial charge in [-0.1, -0.05) is 6.07 Å². The van der Waals surface area contributed by atoms with Gasteiger partial charge in [0.25, 0.3) is 5.69 Å². The molecular weight excluding hydrogens is 292 g/mol. The third kappa shape index (κ3) is 4.72. The van der Waals surface area contributed by atoms with Crippen molar-refractivity contribution in [2.24, 2.45) is 0 Å². The predicted octanol–water partition coefficient (Wildman–Crippen LogP) is 3.12. The number of ether oxygens (including phenoxy) is 2. The van der Waals surface area contributed by atoms with Crippen LogP contribution < -0.4 is 5.32 Å². The second-order valence-electron chi connectivity index (χ2n) is 5.30. The third-order valence-corrected chi connectivity index (χ3v) is 2.36. The molecule has 0 heterocycles. The summed E-state index contributed by atoms with van der Waals surface area (Å²) in [6.45, 7) is 6.67. The number of carbonyl (C=O) groups excluding carboxylic acids is 2. The van der Waals surface area contributed by atoms with Gasteiger partial charge >= 0.3 is 12.1 Å². The fraction of sp³-hybridized carbons (Fsp3) is 0.429. The Morgan fingerprint density at radius 1 is 1.32 bits per heavy atom. The standard InChI is InChI=1S/C14H18N2O6/c1-5-21-12(17)9-7-6-8-10(16(19)20)11(9)15-13(18)22-14(2,3)4/h6-8H,5H2,1-4H3,(H,15,18). The van der Waals surface area contributed by atoms with E-state index in [2.05, 4.69) is 5.32 Å². The molecule has 8 nitrogen and oxygen atoms in total. The highest BCUT2D eigenvalue weighted by Crippen LogP contribution is 2.29. The summed E-state index contributed by atoms with van der Waals surface area (Å²) in [5, 5.41) is 13.3. The molecule has 0 aliphatic heterocycles. The van der Waals surface area contributed by atoms with Gasteiger partial charge < -0.3 is 9.47 Å². The Labute approximate surface area is 127 Å². The molecule has 0 saturated carbocycles. The number of hydrogen-bond acceptors (Lipinski definition) is 6. The maximum Gasteiger partial charge on any atom is 0.412 e. The van der Waals surface area contributed by atoms with Crippen LogP contribution in [0.3, 0.4) is 0 Å². The van der Waals surface area contributed by atoms with Gasteiger partial charge in [-0.2, -0.15) is 0 Å². The molecule has 1 aromatic carbocycles. The molecule has 0 aliphatic carbocycles. The van der Waals surface area contributed by atoms with Gasteiger partial charge in [-0.05, 0) is 33.8 Å². The summed E-state index contributed by atoms with van der Waals surface area (Å²) in [7, 11) is 0. The van der Waals surface area contributed by atoms with E-state index in [1.807, 2.05) is 0 Å². The fourth-order valence-electron chi connectivity index (χ4n) is 1.61. The highest BCUT2D eigenvalue weighted by atomic mass is 16.6. The number of amides is 1. The molecule has 1 aromatic rings. The summed E-state index contributed by atoms with van der Waals surface area (Å²) in [4.78, 5) is 34.1. The van der Waals surface area contributed by atoms with Crippen molar-refractivity contribution < 1.29 is 24.0 Å². The van der Waals surface area contributed by atoms with Gasteiger partial charge in [-0.3, -0.25) is 15.4 Å². The number of hydrogen-bond donors (Lipinski definition) is 1. The van der Waals surface area contributed by atoms with Crippen LogP contribution in [0.5, 0.6) is 0 Å². The summed E-state index contributed by atoms with van der Waals surface area (Å²) in [6.07, 6.45) is -0.896. The van der Waals surface area contributed by atoms with E-state index >= 15 is 0 Å². The summed E-state index contributed by atoms with van der Waals surface area (Å²) in [6, 6.07) is 3.85. The molecule has 1 amide bonds. The van der Waals surface area contributed by atoms with Crippen LogP contribution in [0.1, 0.15) is 38.1 Å². The van der Waals surface area contributed by atoms with Crippen LogP contribution in [0.4, 0.5) is 16.2 Å². The molecule has 0 saturated heterocycles. The first-order chi connectivity index (χ1) is 10.2. The van der Waals surface area contributed by atoms with Crippen LogP contribution in [-0.4, -0.2) is 29.2 Å². The number of nitro benzene ring substituents is 1. The van der Waals surface area contributed by atoms with Crippen LogP contribution in [-0.2, 0) is 9.47 Å². The number of anilines is 1. The van der Waals surface area contributed by atoms with Crippen molar-refractivity contribution in [1.29, 1.82) is 0 Å². The highest BCUT2D eigenvalue weighted by molar-refractivity contribution is 6.02. The summed E-state index contributed by atoms with van der Waals surface area (Å²) < 4.78 is 9.88. The number of nitro groups is 1. The average molecular weight is 310 g/mol. The molecule has 0 aliphatic rings. The minimum atomic E-state index is -0.896. The van der Waals surface area contributed by atoms with Gasteiger partial charge in [-0.25, -0.2) is 9.59 Å². The molecule has 8 heteroatoms. The molecule has 0 spiro atoms. The van der Waals surface area contributed by atoms with Crippen LogP contribution >= 0.6 is 0 Å². The lowest BCUT2D eigenvalue weighted by Crippen LogP contribution is -2.28. The van der Waals surface area contributed by atoms with Gasteiger partial charge in [-0.15, -0.1) is 0 Å². The molecule has 0 unspecified atom stereocenters. The Morgan fingerprint density at radius 2 is 1.95 bits per heavy atom. The predicted molar refractivity (Wildman–Crippen MR) is 78.9 cm³/mol. The van der Waals surface area contributed by atoms with Crippen LogP contribution in [0.15, 0.2) is 18.2 Å². The molecule has 0 bridgehead atoms. The second-order valence-corrected chi connectivity index (χ2v) is 5.30. The molecule has 120 valence electrons. The molecular formula is C14H18N2O6. The SMILES string of the molecule is CCOC(=O)c1cccc([N+](=O)[O-])c1NC(=O)OC(C)(C)C. The van der Waals surface area contributed by atoms with E-state index in [-0.39, 0.29) is 17.9 Å². The number of benzene rings is 1. The minimum absolute atomic E-state index is 0.105. The van der Waals surface area contributed by atoms with Crippen molar-refractivity contribution in [1.82, 2.24) is 0 Å². The lowest BCUT2D eigenvalue weighted by Gasteiger charge is -2.20. The molecule has 0 atom stereocenters. The lowest BCUT2D eigenvalue weighted by atomic mass is 10.1. The Hall–Kier alpha value is -2.64. The van der Waals surface area contributed by atoms with E-state index in [1.165, 1.54) is 18.2 Å². The summed E-state index contributed by atoms with van der Waals surface area (Å²) >= 11 is 0. The van der Waals surface area contributed by atoms with Crippen molar-refractivity contribution in [3.05, 3.63) is 33.9 Å². The van der Waals surface area contributed by atoms with E-state index in [9.17, 15) is 19.7 Å². The van der Waals surface area contributed by atoms with Gasteiger partial charge in [0.15, 0.2) is 0 Å². The molecule has 1 N–H and O–H groups in total. The van der Waals surface area contributed by atoms with Gasteiger partial charge in [0, 0.05) is 6.07 Å². The van der Waals surface area contributed by atoms with Crippen LogP contribution in [0.2, 0.25) is 0 Å². The summed E-state index contributed by atoms with van der Waals surface area (Å²) in [5.41, 5.74) is -1.56. The van der Waals surface area contributed by atoms with Crippen molar-refractivity contribution in [2.75, 3.05) is 11.9 Å². The van der Waals surface area contributed by atoms with Crippen LogP contribution in [0, 0.1) is 10.1 Å². The lowest BCUT2D eigenvalue weighted by molar-refractivity contribution is -0.384. The highest BCUT2D eigenvalue weighted by Gasteiger charge is 2.26. The first-order valence-corrected chi connectivity index (χ1v) is 6.60. The number of nitrogens with one attached hydrogen (secondary N) is 1. The number of rotatable bonds is 4. The summed E-state index contributed by atoms with van der Waals surface area (Å²) in [5.74, 6) is -0.766. The average Bonchev–Trinajstić information content (AvgIpc) is 2.36. The number of para-hydroxylation sites is 1. The second kappa shape index (κ2) is 6.88. The third-order valence-electron chi connectivity index (χ3n) is 2.36. The van der Waals surface area contributed by atoms with Crippen LogP contribution in [0.25, 0.3) is 0 Å². The largest absolute Gasteiger partial charge is 0.462 e. The van der Waals surface area contributed by atoms with E-state index in [0.717, 1.165) is 0 Å². The van der Waals surface area contributed by atoms with E-state index in [1.54, 1.807) is 27.7 Å². The molecule has 0 fully saturated rings. The smallest absolute Gasteiger partial charge is 0.412 e. The van der Waals surface area contributed by atoms with E-state index in [0.29, 0.717) is 0 Å². The number of carbonyl (C=O) groups is 2. The Bertz CT molecular complexity index is 591. The molecule has 22 heavy (non-hydrogen) atoms. The maximum atomic E-state index is 11.9. The van der Waals surface area contributed by atoms with Crippen molar-refractivity contribution in [2.45, 2.75) is 33.3 Å². The Morgan fingerprint density at radius 3 is 2.45 bits per heavy atom. The fourth-order valence-corrected chi connectivity index (χ4v) is 1.61.